The Bertz CT molecular complexity index is 525. The second-order valence-electron chi connectivity index (χ2n) is 8.78. The zero-order chi connectivity index (χ0) is 16.2. The molecule has 24 heavy (non-hydrogen) atoms. The summed E-state index contributed by atoms with van der Waals surface area (Å²) < 4.78 is 11.7. The molecular weight excluding hydrogens is 302 g/mol. The van der Waals surface area contributed by atoms with Crippen molar-refractivity contribution < 1.29 is 9.47 Å². The van der Waals surface area contributed by atoms with E-state index in [9.17, 15) is 0 Å². The molecule has 0 bridgehead atoms. The number of rotatable bonds is 1. The first-order valence-electron chi connectivity index (χ1n) is 9.94. The monoisotopic (exact) mass is 333 g/mol. The van der Waals surface area contributed by atoms with Crippen molar-refractivity contribution in [1.29, 1.82) is 0 Å². The van der Waals surface area contributed by atoms with Crippen molar-refractivity contribution in [2.24, 2.45) is 21.7 Å². The topological polar surface area (TPSA) is 46.1 Å². The molecule has 0 radical (unpaired) electrons. The number of hydrogen-bond acceptors (Lipinski definition) is 3. The molecule has 2 spiro atoms. The Hall–Kier alpha value is -0.810. The van der Waals surface area contributed by atoms with Gasteiger partial charge in [0.1, 0.15) is 0 Å². The van der Waals surface area contributed by atoms with Crippen molar-refractivity contribution in [3.05, 3.63) is 0 Å². The highest BCUT2D eigenvalue weighted by Gasteiger charge is 2.67. The highest BCUT2D eigenvalue weighted by atomic mass is 16.5. The second-order valence-corrected chi connectivity index (χ2v) is 8.78. The van der Waals surface area contributed by atoms with Gasteiger partial charge in [-0.15, -0.1) is 0 Å². The van der Waals surface area contributed by atoms with Gasteiger partial charge in [0.2, 0.25) is 0 Å². The molecule has 3 unspecified atom stereocenters. The van der Waals surface area contributed by atoms with E-state index in [2.05, 4.69) is 15.2 Å². The fourth-order valence-corrected chi connectivity index (χ4v) is 6.22. The van der Waals surface area contributed by atoms with Crippen LogP contribution in [0.1, 0.15) is 44.9 Å². The Kier molecular flexibility index (Phi) is 3.60. The molecule has 3 atom stereocenters. The van der Waals surface area contributed by atoms with E-state index in [4.69, 9.17) is 9.47 Å². The molecule has 3 saturated heterocycles. The third-order valence-corrected chi connectivity index (χ3v) is 7.82. The van der Waals surface area contributed by atoms with Gasteiger partial charge in [-0.3, -0.25) is 4.99 Å². The van der Waals surface area contributed by atoms with E-state index in [1.54, 1.807) is 0 Å². The van der Waals surface area contributed by atoms with Crippen molar-refractivity contribution in [2.75, 3.05) is 40.0 Å². The fourth-order valence-electron chi connectivity index (χ4n) is 6.22. The van der Waals surface area contributed by atoms with Crippen LogP contribution < -0.4 is 5.32 Å². The first kappa shape index (κ1) is 15.4. The number of aliphatic imine (C=N–C) groups is 1. The van der Waals surface area contributed by atoms with Crippen LogP contribution in [0.25, 0.3) is 0 Å². The Morgan fingerprint density at radius 2 is 1.96 bits per heavy atom. The predicted octanol–water partition coefficient (Wildman–Crippen LogP) is 2.02. The summed E-state index contributed by atoms with van der Waals surface area (Å²) in [6.07, 6.45) is 9.52. The summed E-state index contributed by atoms with van der Waals surface area (Å²) in [7, 11) is 1.95. The Labute approximate surface area is 145 Å². The van der Waals surface area contributed by atoms with Crippen molar-refractivity contribution >= 4 is 5.96 Å². The molecule has 2 aliphatic carbocycles. The summed E-state index contributed by atoms with van der Waals surface area (Å²) in [4.78, 5) is 7.18. The Balaban J connectivity index is 1.28. The maximum Gasteiger partial charge on any atom is 0.193 e. The average Bonchev–Trinajstić information content (AvgIpc) is 3.14. The van der Waals surface area contributed by atoms with Crippen molar-refractivity contribution in [2.45, 2.75) is 57.1 Å². The molecule has 1 N–H and O–H groups in total. The van der Waals surface area contributed by atoms with Gasteiger partial charge in [-0.25, -0.2) is 0 Å². The van der Waals surface area contributed by atoms with E-state index in [1.165, 1.54) is 44.9 Å². The lowest BCUT2D eigenvalue weighted by Crippen LogP contribution is -2.72. The lowest BCUT2D eigenvalue weighted by molar-refractivity contribution is -0.171. The molecule has 5 heteroatoms. The van der Waals surface area contributed by atoms with Crippen molar-refractivity contribution in [1.82, 2.24) is 10.2 Å². The van der Waals surface area contributed by atoms with Crippen LogP contribution in [0.5, 0.6) is 0 Å². The molecule has 3 aliphatic heterocycles. The molecule has 5 fully saturated rings. The Morgan fingerprint density at radius 1 is 1.12 bits per heavy atom. The quantitative estimate of drug-likeness (QED) is 0.589. The smallest absolute Gasteiger partial charge is 0.193 e. The largest absolute Gasteiger partial charge is 0.381 e. The van der Waals surface area contributed by atoms with Crippen LogP contribution in [0, 0.1) is 16.7 Å². The third kappa shape index (κ3) is 2.10. The number of likely N-dealkylation sites (tertiary alicyclic amines) is 1. The highest BCUT2D eigenvalue weighted by molar-refractivity contribution is 5.81. The number of hydrogen-bond donors (Lipinski definition) is 1. The van der Waals surface area contributed by atoms with Crippen LogP contribution in [0.4, 0.5) is 0 Å². The van der Waals surface area contributed by atoms with Gasteiger partial charge < -0.3 is 19.7 Å². The molecule has 0 aromatic rings. The first-order chi connectivity index (χ1) is 11.8. The molecular formula is C19H31N3O2. The van der Waals surface area contributed by atoms with Gasteiger partial charge in [0.25, 0.3) is 0 Å². The minimum absolute atomic E-state index is 0.424. The van der Waals surface area contributed by atoms with Crippen LogP contribution in [0.15, 0.2) is 4.99 Å². The summed E-state index contributed by atoms with van der Waals surface area (Å²) >= 11 is 0. The minimum atomic E-state index is 0.424. The number of fused-ring (bicyclic) bond motifs is 2. The summed E-state index contributed by atoms with van der Waals surface area (Å²) in [6.45, 7) is 5.13. The van der Waals surface area contributed by atoms with E-state index in [0.29, 0.717) is 28.9 Å². The zero-order valence-corrected chi connectivity index (χ0v) is 14.9. The summed E-state index contributed by atoms with van der Waals surface area (Å²) in [5, 5.41) is 3.90. The van der Waals surface area contributed by atoms with Gasteiger partial charge in [0.05, 0.1) is 6.10 Å². The second kappa shape index (κ2) is 5.60. The van der Waals surface area contributed by atoms with E-state index in [0.717, 1.165) is 38.9 Å². The Morgan fingerprint density at radius 3 is 2.67 bits per heavy atom. The first-order valence-corrected chi connectivity index (χ1v) is 9.94. The van der Waals surface area contributed by atoms with E-state index in [-0.39, 0.29) is 0 Å². The number of nitrogens with one attached hydrogen (secondary N) is 1. The molecule has 0 aromatic heterocycles. The lowest BCUT2D eigenvalue weighted by atomic mass is 9.46. The van der Waals surface area contributed by atoms with Gasteiger partial charge in [-0.1, -0.05) is 6.42 Å². The standard InChI is InChI=1S/C19H31N3O2/c1-20-17(22-9-6-18(13-22)7-11-23-12-8-18)21-15-14-3-10-24-16(14)19(15)4-2-5-19/h14-16H,2-13H2,1H3,(H,20,21). The third-order valence-electron chi connectivity index (χ3n) is 7.82. The minimum Gasteiger partial charge on any atom is -0.381 e. The van der Waals surface area contributed by atoms with Crippen LogP contribution in [0.2, 0.25) is 0 Å². The van der Waals surface area contributed by atoms with Gasteiger partial charge in [-0.2, -0.15) is 0 Å². The van der Waals surface area contributed by atoms with Crippen molar-refractivity contribution in [3.8, 4) is 0 Å². The van der Waals surface area contributed by atoms with Crippen LogP contribution >= 0.6 is 0 Å². The van der Waals surface area contributed by atoms with Crippen LogP contribution in [-0.2, 0) is 9.47 Å². The molecule has 5 rings (SSSR count). The SMILES string of the molecule is CN=C(NC1C2CCOC2C12CCC2)N1CCC2(CCOCC2)C1. The molecule has 5 aliphatic rings. The maximum absolute atomic E-state index is 6.06. The fraction of sp³-hybridized carbons (Fsp3) is 0.947. The zero-order valence-electron chi connectivity index (χ0n) is 14.9. The van der Waals surface area contributed by atoms with Gasteiger partial charge in [0.15, 0.2) is 5.96 Å². The molecule has 0 aromatic carbocycles. The molecule has 5 nitrogen and oxygen atoms in total. The average molecular weight is 333 g/mol. The molecule has 0 amide bonds. The summed E-state index contributed by atoms with van der Waals surface area (Å²) in [6, 6.07) is 0.587. The lowest BCUT2D eigenvalue weighted by Gasteiger charge is -2.63. The highest BCUT2D eigenvalue weighted by Crippen LogP contribution is 2.62. The number of guanidine groups is 1. The maximum atomic E-state index is 6.06. The van der Waals surface area contributed by atoms with E-state index >= 15 is 0 Å². The predicted molar refractivity (Wildman–Crippen MR) is 93.1 cm³/mol. The number of ether oxygens (including phenoxy) is 2. The normalized spacial score (nSPS) is 39.6. The van der Waals surface area contributed by atoms with Crippen molar-refractivity contribution in [3.63, 3.8) is 0 Å². The molecule has 134 valence electrons. The van der Waals surface area contributed by atoms with E-state index < -0.39 is 0 Å². The van der Waals surface area contributed by atoms with Gasteiger partial charge in [0, 0.05) is 57.3 Å². The van der Waals surface area contributed by atoms with Gasteiger partial charge >= 0.3 is 0 Å². The summed E-state index contributed by atoms with van der Waals surface area (Å²) in [5.74, 6) is 1.85. The van der Waals surface area contributed by atoms with E-state index in [1.807, 2.05) is 7.05 Å². The van der Waals surface area contributed by atoms with Gasteiger partial charge in [-0.05, 0) is 43.9 Å². The van der Waals surface area contributed by atoms with Crippen LogP contribution in [-0.4, -0.2) is 63.0 Å². The summed E-state index contributed by atoms with van der Waals surface area (Å²) in [5.41, 5.74) is 0.899. The number of nitrogens with zero attached hydrogens (tertiary/aromatic N) is 2. The molecule has 3 heterocycles. The van der Waals surface area contributed by atoms with Crippen LogP contribution in [0.3, 0.4) is 0 Å². The molecule has 2 saturated carbocycles.